The van der Waals surface area contributed by atoms with Crippen LogP contribution in [-0.2, 0) is 0 Å². The van der Waals surface area contributed by atoms with E-state index in [1.54, 1.807) is 14.2 Å². The molecule has 0 spiro atoms. The number of benzene rings is 1. The molecule has 17 heavy (non-hydrogen) atoms. The van der Waals surface area contributed by atoms with Crippen LogP contribution >= 0.6 is 0 Å². The van der Waals surface area contributed by atoms with E-state index >= 15 is 0 Å². The second-order valence-electron chi connectivity index (χ2n) is 3.37. The molecule has 0 unspecified atom stereocenters. The smallest absolute Gasteiger partial charge is 0.213 e. The average Bonchev–Trinajstić information content (AvgIpc) is 2.40. The fourth-order valence-electron chi connectivity index (χ4n) is 1.59. The predicted octanol–water partition coefficient (Wildman–Crippen LogP) is 3.59. The molecular formula is C14H19NO2. The van der Waals surface area contributed by atoms with E-state index in [4.69, 9.17) is 9.47 Å². The van der Waals surface area contributed by atoms with Crippen molar-refractivity contribution in [2.75, 3.05) is 14.2 Å². The maximum absolute atomic E-state index is 5.20. The number of aryl methyl sites for hydroxylation is 1. The van der Waals surface area contributed by atoms with Gasteiger partial charge < -0.3 is 9.47 Å². The number of aromatic nitrogens is 1. The first kappa shape index (κ1) is 13.3. The van der Waals surface area contributed by atoms with Crippen LogP contribution in [0.15, 0.2) is 24.3 Å². The van der Waals surface area contributed by atoms with Gasteiger partial charge >= 0.3 is 0 Å². The first-order valence-electron chi connectivity index (χ1n) is 5.74. The Morgan fingerprint density at radius 2 is 1.71 bits per heavy atom. The van der Waals surface area contributed by atoms with E-state index in [0.29, 0.717) is 5.88 Å². The number of pyridine rings is 1. The topological polar surface area (TPSA) is 31.4 Å². The lowest BCUT2D eigenvalue weighted by Crippen LogP contribution is -1.91. The van der Waals surface area contributed by atoms with Crippen molar-refractivity contribution in [1.82, 2.24) is 4.98 Å². The standard InChI is InChI=1S/C12H13NO2.C2H6/c1-8-6-10(14-2)7-9-4-5-11(15-3)13-12(8)9;1-2/h4-7H,1-3H3;1-2H3. The highest BCUT2D eigenvalue weighted by molar-refractivity contribution is 5.83. The Morgan fingerprint density at radius 3 is 2.29 bits per heavy atom. The third-order valence-electron chi connectivity index (χ3n) is 2.38. The molecule has 0 radical (unpaired) electrons. The molecule has 0 aliphatic heterocycles. The highest BCUT2D eigenvalue weighted by Gasteiger charge is 2.03. The molecule has 2 rings (SSSR count). The third kappa shape index (κ3) is 2.87. The number of fused-ring (bicyclic) bond motifs is 1. The van der Waals surface area contributed by atoms with E-state index in [0.717, 1.165) is 22.2 Å². The van der Waals surface area contributed by atoms with E-state index in [9.17, 15) is 0 Å². The summed E-state index contributed by atoms with van der Waals surface area (Å²) in [6, 6.07) is 7.77. The van der Waals surface area contributed by atoms with Gasteiger partial charge in [0.25, 0.3) is 0 Å². The number of nitrogens with zero attached hydrogens (tertiary/aromatic N) is 1. The van der Waals surface area contributed by atoms with Gasteiger partial charge in [0, 0.05) is 11.5 Å². The van der Waals surface area contributed by atoms with Crippen LogP contribution in [0.1, 0.15) is 19.4 Å². The average molecular weight is 233 g/mol. The second kappa shape index (κ2) is 6.09. The minimum atomic E-state index is 0.635. The van der Waals surface area contributed by atoms with Gasteiger partial charge in [0.1, 0.15) is 5.75 Å². The van der Waals surface area contributed by atoms with Crippen molar-refractivity contribution >= 4 is 10.9 Å². The van der Waals surface area contributed by atoms with Crippen LogP contribution in [0.4, 0.5) is 0 Å². The van der Waals surface area contributed by atoms with Gasteiger partial charge in [0.15, 0.2) is 0 Å². The van der Waals surface area contributed by atoms with Crippen LogP contribution in [0.2, 0.25) is 0 Å². The first-order valence-corrected chi connectivity index (χ1v) is 5.74. The lowest BCUT2D eigenvalue weighted by molar-refractivity contribution is 0.399. The maximum Gasteiger partial charge on any atom is 0.213 e. The molecule has 1 aromatic carbocycles. The summed E-state index contributed by atoms with van der Waals surface area (Å²) in [6.07, 6.45) is 0. The van der Waals surface area contributed by atoms with Crippen molar-refractivity contribution in [1.29, 1.82) is 0 Å². The van der Waals surface area contributed by atoms with Crippen LogP contribution in [-0.4, -0.2) is 19.2 Å². The Kier molecular flexibility index (Phi) is 4.76. The maximum atomic E-state index is 5.20. The van der Waals surface area contributed by atoms with E-state index in [-0.39, 0.29) is 0 Å². The van der Waals surface area contributed by atoms with Crippen molar-refractivity contribution in [2.24, 2.45) is 0 Å². The normalized spacial score (nSPS) is 9.47. The van der Waals surface area contributed by atoms with Crippen molar-refractivity contribution < 1.29 is 9.47 Å². The molecule has 0 saturated heterocycles. The van der Waals surface area contributed by atoms with Crippen LogP contribution < -0.4 is 9.47 Å². The monoisotopic (exact) mass is 233 g/mol. The molecule has 0 aliphatic carbocycles. The van der Waals surface area contributed by atoms with Gasteiger partial charge in [0.05, 0.1) is 19.7 Å². The quantitative estimate of drug-likeness (QED) is 0.794. The summed E-state index contributed by atoms with van der Waals surface area (Å²) >= 11 is 0. The molecule has 0 amide bonds. The zero-order valence-electron chi connectivity index (χ0n) is 11.1. The first-order chi connectivity index (χ1) is 8.24. The summed E-state index contributed by atoms with van der Waals surface area (Å²) in [6.45, 7) is 6.01. The second-order valence-corrected chi connectivity index (χ2v) is 3.37. The number of ether oxygens (including phenoxy) is 2. The molecule has 1 heterocycles. The highest BCUT2D eigenvalue weighted by atomic mass is 16.5. The van der Waals surface area contributed by atoms with E-state index in [1.807, 2.05) is 45.0 Å². The van der Waals surface area contributed by atoms with Crippen molar-refractivity contribution in [3.8, 4) is 11.6 Å². The lowest BCUT2D eigenvalue weighted by atomic mass is 10.1. The van der Waals surface area contributed by atoms with Crippen molar-refractivity contribution in [3.63, 3.8) is 0 Å². The molecule has 0 aliphatic rings. The highest BCUT2D eigenvalue weighted by Crippen LogP contribution is 2.25. The molecule has 2 aromatic rings. The Bertz CT molecular complexity index is 495. The van der Waals surface area contributed by atoms with Gasteiger partial charge in [-0.05, 0) is 30.7 Å². The molecule has 0 N–H and O–H groups in total. The molecule has 0 saturated carbocycles. The summed E-state index contributed by atoms with van der Waals surface area (Å²) < 4.78 is 10.3. The van der Waals surface area contributed by atoms with Gasteiger partial charge in [0.2, 0.25) is 5.88 Å². The molecular weight excluding hydrogens is 214 g/mol. The van der Waals surface area contributed by atoms with E-state index < -0.39 is 0 Å². The zero-order valence-corrected chi connectivity index (χ0v) is 11.1. The molecule has 92 valence electrons. The van der Waals surface area contributed by atoms with Crippen molar-refractivity contribution in [3.05, 3.63) is 29.8 Å². The minimum Gasteiger partial charge on any atom is -0.497 e. The van der Waals surface area contributed by atoms with Crippen molar-refractivity contribution in [2.45, 2.75) is 20.8 Å². The van der Waals surface area contributed by atoms with Crippen LogP contribution in [0.3, 0.4) is 0 Å². The molecule has 3 heteroatoms. The summed E-state index contributed by atoms with van der Waals surface area (Å²) in [5.74, 6) is 1.49. The van der Waals surface area contributed by atoms with Crippen LogP contribution in [0, 0.1) is 6.92 Å². The molecule has 0 atom stereocenters. The van der Waals surface area contributed by atoms with Gasteiger partial charge in [-0.3, -0.25) is 0 Å². The Labute approximate surface area is 102 Å². The van der Waals surface area contributed by atoms with Gasteiger partial charge in [-0.1, -0.05) is 13.8 Å². The predicted molar refractivity (Wildman–Crippen MR) is 70.9 cm³/mol. The third-order valence-corrected chi connectivity index (χ3v) is 2.38. The fraction of sp³-hybridized carbons (Fsp3) is 0.357. The molecule has 0 fully saturated rings. The largest absolute Gasteiger partial charge is 0.497 e. The minimum absolute atomic E-state index is 0.635. The van der Waals surface area contributed by atoms with E-state index in [1.165, 1.54) is 0 Å². The molecule has 1 aromatic heterocycles. The Morgan fingerprint density at radius 1 is 1.00 bits per heavy atom. The van der Waals surface area contributed by atoms with Crippen LogP contribution in [0.25, 0.3) is 10.9 Å². The van der Waals surface area contributed by atoms with Gasteiger partial charge in [-0.15, -0.1) is 0 Å². The summed E-state index contributed by atoms with van der Waals surface area (Å²) in [4.78, 5) is 4.39. The summed E-state index contributed by atoms with van der Waals surface area (Å²) in [5, 5.41) is 1.06. The number of hydrogen-bond donors (Lipinski definition) is 0. The SMILES string of the molecule is CC.COc1cc(C)c2nc(OC)ccc2c1. The summed E-state index contributed by atoms with van der Waals surface area (Å²) in [5.41, 5.74) is 2.04. The molecule has 3 nitrogen and oxygen atoms in total. The van der Waals surface area contributed by atoms with Gasteiger partial charge in [-0.25, -0.2) is 4.98 Å². The number of methoxy groups -OCH3 is 2. The van der Waals surface area contributed by atoms with E-state index in [2.05, 4.69) is 4.98 Å². The summed E-state index contributed by atoms with van der Waals surface area (Å²) in [7, 11) is 3.28. The lowest BCUT2D eigenvalue weighted by Gasteiger charge is -2.06. The Hall–Kier alpha value is -1.77. The van der Waals surface area contributed by atoms with Crippen LogP contribution in [0.5, 0.6) is 11.6 Å². The molecule has 0 bridgehead atoms. The zero-order chi connectivity index (χ0) is 12.8. The Balaban J connectivity index is 0.000000686. The fourth-order valence-corrected chi connectivity index (χ4v) is 1.59. The van der Waals surface area contributed by atoms with Gasteiger partial charge in [-0.2, -0.15) is 0 Å². The number of rotatable bonds is 2. The number of hydrogen-bond acceptors (Lipinski definition) is 3.